The first-order chi connectivity index (χ1) is 11.7. The first kappa shape index (κ1) is 19.2. The summed E-state index contributed by atoms with van der Waals surface area (Å²) >= 11 is 0. The van der Waals surface area contributed by atoms with E-state index in [2.05, 4.69) is 0 Å². The van der Waals surface area contributed by atoms with Crippen LogP contribution in [0, 0.1) is 11.8 Å². The van der Waals surface area contributed by atoms with Crippen LogP contribution in [-0.4, -0.2) is 45.9 Å². The average molecular weight is 349 g/mol. The predicted molar refractivity (Wildman–Crippen MR) is 93.1 cm³/mol. The number of benzene rings is 1. The van der Waals surface area contributed by atoms with Crippen LogP contribution in [0.4, 0.5) is 4.79 Å². The summed E-state index contributed by atoms with van der Waals surface area (Å²) < 4.78 is 5.58. The van der Waals surface area contributed by atoms with E-state index >= 15 is 0 Å². The third kappa shape index (κ3) is 5.46. The van der Waals surface area contributed by atoms with Crippen molar-refractivity contribution in [1.82, 2.24) is 4.90 Å². The van der Waals surface area contributed by atoms with Crippen molar-refractivity contribution in [1.29, 1.82) is 0 Å². The Balaban J connectivity index is 2.19. The zero-order chi connectivity index (χ0) is 18.6. The molecule has 1 aromatic carbocycles. The third-order valence-corrected chi connectivity index (χ3v) is 4.40. The molecule has 0 radical (unpaired) electrons. The number of ether oxygens (including phenoxy) is 1. The second-order valence-electron chi connectivity index (χ2n) is 7.60. The fraction of sp³-hybridized carbons (Fsp3) is 0.579. The van der Waals surface area contributed by atoms with Crippen molar-refractivity contribution >= 4 is 12.1 Å². The predicted octanol–water partition coefficient (Wildman–Crippen LogP) is 2.68. The second kappa shape index (κ2) is 7.87. The maximum Gasteiger partial charge on any atom is 0.407 e. The van der Waals surface area contributed by atoms with Crippen molar-refractivity contribution in [3.63, 3.8) is 0 Å². The third-order valence-electron chi connectivity index (χ3n) is 4.40. The van der Waals surface area contributed by atoms with Gasteiger partial charge < -0.3 is 19.8 Å². The summed E-state index contributed by atoms with van der Waals surface area (Å²) in [5, 5.41) is 18.5. The maximum absolute atomic E-state index is 12.7. The molecular weight excluding hydrogens is 322 g/mol. The highest BCUT2D eigenvalue weighted by molar-refractivity contribution is 5.74. The molecule has 2 atom stereocenters. The van der Waals surface area contributed by atoms with Crippen LogP contribution in [-0.2, 0) is 22.6 Å². The van der Waals surface area contributed by atoms with Gasteiger partial charge in [-0.2, -0.15) is 0 Å². The van der Waals surface area contributed by atoms with Crippen molar-refractivity contribution in [2.24, 2.45) is 11.8 Å². The Morgan fingerprint density at radius 2 is 2.00 bits per heavy atom. The van der Waals surface area contributed by atoms with Crippen LogP contribution in [0.5, 0.6) is 0 Å². The SMILES string of the molecule is CC(C)(C)OC(=O)[C@@H](Cc1cccc(CO)c1)[C@H]1CCN(C(=O)O)C1. The maximum atomic E-state index is 12.7. The highest BCUT2D eigenvalue weighted by Crippen LogP contribution is 2.30. The van der Waals surface area contributed by atoms with E-state index in [1.807, 2.05) is 45.0 Å². The van der Waals surface area contributed by atoms with E-state index < -0.39 is 17.6 Å². The number of amides is 1. The molecule has 0 aromatic heterocycles. The Bertz CT molecular complexity index is 622. The summed E-state index contributed by atoms with van der Waals surface area (Å²) in [5.41, 5.74) is 1.14. The van der Waals surface area contributed by atoms with Crippen LogP contribution >= 0.6 is 0 Å². The van der Waals surface area contributed by atoms with Crippen molar-refractivity contribution in [2.45, 2.75) is 45.8 Å². The number of rotatable bonds is 5. The molecule has 0 unspecified atom stereocenters. The summed E-state index contributed by atoms with van der Waals surface area (Å²) in [6.45, 7) is 6.21. The van der Waals surface area contributed by atoms with E-state index in [9.17, 15) is 19.8 Å². The topological polar surface area (TPSA) is 87.1 Å². The van der Waals surface area contributed by atoms with Gasteiger partial charge in [0, 0.05) is 13.1 Å². The largest absolute Gasteiger partial charge is 0.465 e. The molecule has 1 aliphatic rings. The van der Waals surface area contributed by atoms with Gasteiger partial charge in [-0.15, -0.1) is 0 Å². The number of carbonyl (C=O) groups excluding carboxylic acids is 1. The Morgan fingerprint density at radius 1 is 1.32 bits per heavy atom. The van der Waals surface area contributed by atoms with E-state index in [1.165, 1.54) is 4.90 Å². The summed E-state index contributed by atoms with van der Waals surface area (Å²) in [6.07, 6.45) is 0.171. The summed E-state index contributed by atoms with van der Waals surface area (Å²) in [5.74, 6) is -0.764. The summed E-state index contributed by atoms with van der Waals surface area (Å²) in [7, 11) is 0. The van der Waals surface area contributed by atoms with Gasteiger partial charge >= 0.3 is 12.1 Å². The molecule has 1 amide bonds. The number of hydrogen-bond donors (Lipinski definition) is 2. The molecule has 1 heterocycles. The minimum atomic E-state index is -0.951. The van der Waals surface area contributed by atoms with Gasteiger partial charge in [0.05, 0.1) is 12.5 Å². The van der Waals surface area contributed by atoms with Gasteiger partial charge in [-0.1, -0.05) is 24.3 Å². The second-order valence-corrected chi connectivity index (χ2v) is 7.60. The molecule has 1 aromatic rings. The fourth-order valence-corrected chi connectivity index (χ4v) is 3.22. The summed E-state index contributed by atoms with van der Waals surface area (Å²) in [4.78, 5) is 25.3. The van der Waals surface area contributed by atoms with E-state index in [-0.39, 0.29) is 18.5 Å². The van der Waals surface area contributed by atoms with Crippen LogP contribution in [0.15, 0.2) is 24.3 Å². The molecular formula is C19H27NO5. The smallest absolute Gasteiger partial charge is 0.407 e. The number of likely N-dealkylation sites (tertiary alicyclic amines) is 1. The zero-order valence-corrected chi connectivity index (χ0v) is 15.1. The zero-order valence-electron chi connectivity index (χ0n) is 15.1. The Kier molecular flexibility index (Phi) is 6.06. The molecule has 0 aliphatic carbocycles. The average Bonchev–Trinajstić information content (AvgIpc) is 3.01. The van der Waals surface area contributed by atoms with Crippen LogP contribution in [0.25, 0.3) is 0 Å². The van der Waals surface area contributed by atoms with Crippen molar-refractivity contribution in [2.75, 3.05) is 13.1 Å². The molecule has 2 rings (SSSR count). The molecule has 1 fully saturated rings. The number of hydrogen-bond acceptors (Lipinski definition) is 4. The fourth-order valence-electron chi connectivity index (χ4n) is 3.22. The lowest BCUT2D eigenvalue weighted by Gasteiger charge is -2.27. The summed E-state index contributed by atoms with van der Waals surface area (Å²) in [6, 6.07) is 7.47. The molecule has 0 spiro atoms. The quantitative estimate of drug-likeness (QED) is 0.798. The van der Waals surface area contributed by atoms with Gasteiger partial charge in [-0.25, -0.2) is 4.79 Å². The molecule has 25 heavy (non-hydrogen) atoms. The van der Waals surface area contributed by atoms with Crippen molar-refractivity contribution < 1.29 is 24.5 Å². The lowest BCUT2D eigenvalue weighted by atomic mass is 9.85. The van der Waals surface area contributed by atoms with Gasteiger partial charge in [0.15, 0.2) is 0 Å². The van der Waals surface area contributed by atoms with Crippen molar-refractivity contribution in [3.8, 4) is 0 Å². The molecule has 2 N–H and O–H groups in total. The molecule has 0 bridgehead atoms. The van der Waals surface area contributed by atoms with Gasteiger partial charge in [0.25, 0.3) is 0 Å². The minimum absolute atomic E-state index is 0.0544. The molecule has 138 valence electrons. The first-order valence-electron chi connectivity index (χ1n) is 8.59. The highest BCUT2D eigenvalue weighted by atomic mass is 16.6. The standard InChI is InChI=1S/C19H27NO5/c1-19(2,3)25-17(22)16(15-7-8-20(11-15)18(23)24)10-13-5-4-6-14(9-13)12-21/h4-6,9,15-16,21H,7-8,10-12H2,1-3H3,(H,23,24)/t15-,16-/m0/s1. The molecule has 1 aliphatic heterocycles. The van der Waals surface area contributed by atoms with Crippen LogP contribution < -0.4 is 0 Å². The normalized spacial score (nSPS) is 18.9. The Morgan fingerprint density at radius 3 is 2.56 bits per heavy atom. The molecule has 6 nitrogen and oxygen atoms in total. The number of esters is 1. The van der Waals surface area contributed by atoms with Crippen LogP contribution in [0.1, 0.15) is 38.3 Å². The van der Waals surface area contributed by atoms with E-state index in [0.717, 1.165) is 11.1 Å². The van der Waals surface area contributed by atoms with E-state index in [1.54, 1.807) is 0 Å². The first-order valence-corrected chi connectivity index (χ1v) is 8.59. The number of aliphatic hydroxyl groups excluding tert-OH is 1. The van der Waals surface area contributed by atoms with Gasteiger partial charge in [-0.3, -0.25) is 4.79 Å². The van der Waals surface area contributed by atoms with Crippen LogP contribution in [0.3, 0.4) is 0 Å². The molecule has 0 saturated carbocycles. The van der Waals surface area contributed by atoms with Crippen LogP contribution in [0.2, 0.25) is 0 Å². The van der Waals surface area contributed by atoms with Crippen molar-refractivity contribution in [3.05, 3.63) is 35.4 Å². The minimum Gasteiger partial charge on any atom is -0.465 e. The van der Waals surface area contributed by atoms with E-state index in [4.69, 9.17) is 4.74 Å². The lowest BCUT2D eigenvalue weighted by Crippen LogP contribution is -2.35. The molecule has 1 saturated heterocycles. The van der Waals surface area contributed by atoms with Gasteiger partial charge in [0.1, 0.15) is 5.60 Å². The number of nitrogens with zero attached hydrogens (tertiary/aromatic N) is 1. The Hall–Kier alpha value is -2.08. The lowest BCUT2D eigenvalue weighted by molar-refractivity contribution is -0.161. The van der Waals surface area contributed by atoms with Gasteiger partial charge in [0.2, 0.25) is 0 Å². The number of aliphatic hydroxyl groups is 1. The highest BCUT2D eigenvalue weighted by Gasteiger charge is 2.37. The Labute approximate surface area is 148 Å². The monoisotopic (exact) mass is 349 g/mol. The van der Waals surface area contributed by atoms with Gasteiger partial charge in [-0.05, 0) is 50.7 Å². The van der Waals surface area contributed by atoms with E-state index in [0.29, 0.717) is 25.9 Å². The number of carboxylic acid groups (broad SMARTS) is 1. The number of carbonyl (C=O) groups is 2. The molecule has 6 heteroatoms.